The molecule has 2 rings (SSSR count). The van der Waals surface area contributed by atoms with Gasteiger partial charge >= 0.3 is 0 Å². The molecule has 2 aromatic rings. The minimum atomic E-state index is -0.402. The summed E-state index contributed by atoms with van der Waals surface area (Å²) in [6.45, 7) is 1.85. The van der Waals surface area contributed by atoms with Crippen molar-refractivity contribution in [3.05, 3.63) is 45.8 Å². The van der Waals surface area contributed by atoms with Crippen LogP contribution in [0.4, 0.5) is 0 Å². The van der Waals surface area contributed by atoms with E-state index < -0.39 is 5.91 Å². The van der Waals surface area contributed by atoms with Gasteiger partial charge < -0.3 is 13.9 Å². The van der Waals surface area contributed by atoms with Gasteiger partial charge in [-0.25, -0.2) is 5.84 Å². The molecule has 1 heterocycles. The molecule has 7 heteroatoms. The predicted octanol–water partition coefficient (Wildman–Crippen LogP) is 2.54. The lowest BCUT2D eigenvalue weighted by Gasteiger charge is -2.11. The van der Waals surface area contributed by atoms with Crippen LogP contribution in [0.15, 0.2) is 33.2 Å². The van der Waals surface area contributed by atoms with Gasteiger partial charge in [-0.3, -0.25) is 10.2 Å². The molecule has 1 aromatic heterocycles. The zero-order valence-electron chi connectivity index (χ0n) is 11.6. The second-order valence-corrected chi connectivity index (χ2v) is 5.07. The molecule has 0 aliphatic heterocycles. The number of methoxy groups -OCH3 is 1. The summed E-state index contributed by atoms with van der Waals surface area (Å²) in [5.74, 6) is 6.88. The first-order valence-corrected chi connectivity index (χ1v) is 6.91. The first-order chi connectivity index (χ1) is 10.1. The van der Waals surface area contributed by atoms with Gasteiger partial charge in [0.15, 0.2) is 11.5 Å². The van der Waals surface area contributed by atoms with Crippen LogP contribution >= 0.6 is 15.9 Å². The molecule has 0 saturated heterocycles. The third kappa shape index (κ3) is 3.37. The lowest BCUT2D eigenvalue weighted by Crippen LogP contribution is -2.30. The van der Waals surface area contributed by atoms with Gasteiger partial charge in [0.2, 0.25) is 0 Å². The zero-order valence-corrected chi connectivity index (χ0v) is 13.2. The third-order valence-corrected chi connectivity index (χ3v) is 3.48. The van der Waals surface area contributed by atoms with Gasteiger partial charge in [-0.05, 0) is 41.1 Å². The number of hydrogen-bond donors (Lipinski definition) is 2. The molecule has 6 nitrogen and oxygen atoms in total. The van der Waals surface area contributed by atoms with Crippen LogP contribution in [0.3, 0.4) is 0 Å². The molecule has 1 amide bonds. The number of carbonyl (C=O) groups is 1. The van der Waals surface area contributed by atoms with Gasteiger partial charge in [-0.1, -0.05) is 6.07 Å². The Morgan fingerprint density at radius 1 is 1.48 bits per heavy atom. The van der Waals surface area contributed by atoms with Crippen LogP contribution < -0.4 is 20.7 Å². The molecule has 112 valence electrons. The maximum Gasteiger partial charge on any atom is 0.268 e. The number of nitrogens with two attached hydrogens (primary N) is 1. The highest BCUT2D eigenvalue weighted by molar-refractivity contribution is 9.10. The molecule has 0 aliphatic rings. The van der Waals surface area contributed by atoms with Crippen molar-refractivity contribution in [2.24, 2.45) is 5.84 Å². The van der Waals surface area contributed by atoms with Crippen molar-refractivity contribution in [1.82, 2.24) is 5.43 Å². The molecule has 0 unspecified atom stereocenters. The van der Waals surface area contributed by atoms with E-state index in [-0.39, 0.29) is 6.61 Å². The number of hydrogen-bond acceptors (Lipinski definition) is 5. The maximum atomic E-state index is 11.5. The van der Waals surface area contributed by atoms with Crippen molar-refractivity contribution < 1.29 is 18.7 Å². The van der Waals surface area contributed by atoms with E-state index in [1.54, 1.807) is 26.2 Å². The van der Waals surface area contributed by atoms with Crippen LogP contribution in [-0.2, 0) is 6.61 Å². The van der Waals surface area contributed by atoms with Gasteiger partial charge in [-0.2, -0.15) is 0 Å². The Bertz CT molecular complexity index is 654. The molecule has 0 atom stereocenters. The van der Waals surface area contributed by atoms with E-state index in [1.807, 2.05) is 12.1 Å². The number of nitrogens with one attached hydrogen (secondary N) is 1. The standard InChI is InChI=1S/C14H15BrN2O4/c1-8-10(14(18)17-16)6-9(21-8)7-20-13-11(15)4-3-5-12(13)19-2/h3-6H,7,16H2,1-2H3,(H,17,18). The largest absolute Gasteiger partial charge is 0.493 e. The summed E-state index contributed by atoms with van der Waals surface area (Å²) in [7, 11) is 1.56. The van der Waals surface area contributed by atoms with Crippen molar-refractivity contribution in [2.75, 3.05) is 7.11 Å². The number of para-hydroxylation sites is 1. The molecule has 0 aliphatic carbocycles. The first kappa shape index (κ1) is 15.4. The summed E-state index contributed by atoms with van der Waals surface area (Å²) in [6.07, 6.45) is 0. The molecule has 21 heavy (non-hydrogen) atoms. The van der Waals surface area contributed by atoms with Crippen LogP contribution in [-0.4, -0.2) is 13.0 Å². The van der Waals surface area contributed by atoms with Gasteiger partial charge in [-0.15, -0.1) is 0 Å². The fourth-order valence-electron chi connectivity index (χ4n) is 1.85. The summed E-state index contributed by atoms with van der Waals surface area (Å²) < 4.78 is 17.2. The Balaban J connectivity index is 2.16. The van der Waals surface area contributed by atoms with Crippen molar-refractivity contribution >= 4 is 21.8 Å². The molecular weight excluding hydrogens is 340 g/mol. The van der Waals surface area contributed by atoms with E-state index in [4.69, 9.17) is 19.7 Å². The Labute approximate surface area is 130 Å². The topological polar surface area (TPSA) is 86.7 Å². The Morgan fingerprint density at radius 3 is 2.90 bits per heavy atom. The number of ether oxygens (including phenoxy) is 2. The summed E-state index contributed by atoms with van der Waals surface area (Å²) in [4.78, 5) is 11.5. The highest BCUT2D eigenvalue weighted by atomic mass is 79.9. The monoisotopic (exact) mass is 354 g/mol. The van der Waals surface area contributed by atoms with E-state index >= 15 is 0 Å². The van der Waals surface area contributed by atoms with E-state index in [9.17, 15) is 4.79 Å². The molecule has 0 radical (unpaired) electrons. The minimum Gasteiger partial charge on any atom is -0.493 e. The Kier molecular flexibility index (Phi) is 4.87. The normalized spacial score (nSPS) is 10.3. The van der Waals surface area contributed by atoms with Crippen molar-refractivity contribution in [1.29, 1.82) is 0 Å². The Hall–Kier alpha value is -1.99. The number of rotatable bonds is 5. The second kappa shape index (κ2) is 6.64. The number of halogens is 1. The van der Waals surface area contributed by atoms with Gasteiger partial charge in [0.1, 0.15) is 18.1 Å². The molecule has 1 aromatic carbocycles. The lowest BCUT2D eigenvalue weighted by molar-refractivity contribution is 0.0952. The molecule has 0 fully saturated rings. The van der Waals surface area contributed by atoms with Crippen LogP contribution in [0.25, 0.3) is 0 Å². The highest BCUT2D eigenvalue weighted by Gasteiger charge is 2.15. The summed E-state index contributed by atoms with van der Waals surface area (Å²) in [5, 5.41) is 0. The zero-order chi connectivity index (χ0) is 15.4. The quantitative estimate of drug-likeness (QED) is 0.489. The van der Waals surface area contributed by atoms with Crippen molar-refractivity contribution in [3.63, 3.8) is 0 Å². The molecule has 0 spiro atoms. The van der Waals surface area contributed by atoms with Crippen molar-refractivity contribution in [2.45, 2.75) is 13.5 Å². The lowest BCUT2D eigenvalue weighted by atomic mass is 10.2. The van der Waals surface area contributed by atoms with E-state index in [0.29, 0.717) is 28.6 Å². The molecule has 3 N–H and O–H groups in total. The Morgan fingerprint density at radius 2 is 2.24 bits per heavy atom. The number of benzene rings is 1. The minimum absolute atomic E-state index is 0.164. The highest BCUT2D eigenvalue weighted by Crippen LogP contribution is 2.35. The smallest absolute Gasteiger partial charge is 0.268 e. The van der Waals surface area contributed by atoms with Crippen LogP contribution in [0.1, 0.15) is 21.9 Å². The summed E-state index contributed by atoms with van der Waals surface area (Å²) in [5.41, 5.74) is 2.45. The number of aryl methyl sites for hydroxylation is 1. The SMILES string of the molecule is COc1cccc(Br)c1OCc1cc(C(=O)NN)c(C)o1. The van der Waals surface area contributed by atoms with Crippen LogP contribution in [0.5, 0.6) is 11.5 Å². The summed E-state index contributed by atoms with van der Waals surface area (Å²) in [6, 6.07) is 7.08. The average Bonchev–Trinajstić information content (AvgIpc) is 2.86. The second-order valence-electron chi connectivity index (χ2n) is 4.22. The molecule has 0 saturated carbocycles. The number of amides is 1. The van der Waals surface area contributed by atoms with Gasteiger partial charge in [0.05, 0.1) is 17.1 Å². The number of nitrogen functional groups attached to an aromatic ring is 1. The van der Waals surface area contributed by atoms with Crippen LogP contribution in [0, 0.1) is 6.92 Å². The fourth-order valence-corrected chi connectivity index (χ4v) is 2.31. The average molecular weight is 355 g/mol. The van der Waals surface area contributed by atoms with E-state index in [0.717, 1.165) is 4.47 Å². The third-order valence-electron chi connectivity index (χ3n) is 2.85. The van der Waals surface area contributed by atoms with Gasteiger partial charge in [0, 0.05) is 0 Å². The maximum absolute atomic E-state index is 11.5. The van der Waals surface area contributed by atoms with Crippen molar-refractivity contribution in [3.8, 4) is 11.5 Å². The van der Waals surface area contributed by atoms with Crippen LogP contribution in [0.2, 0.25) is 0 Å². The number of carbonyl (C=O) groups excluding carboxylic acids is 1. The van der Waals surface area contributed by atoms with Gasteiger partial charge in [0.25, 0.3) is 5.91 Å². The van der Waals surface area contributed by atoms with E-state index in [2.05, 4.69) is 21.4 Å². The number of hydrazine groups is 1. The molecule has 0 bridgehead atoms. The predicted molar refractivity (Wildman–Crippen MR) is 80.1 cm³/mol. The van der Waals surface area contributed by atoms with E-state index in [1.165, 1.54) is 0 Å². The number of furan rings is 1. The molecular formula is C14H15BrN2O4. The fraction of sp³-hybridized carbons (Fsp3) is 0.214. The first-order valence-electron chi connectivity index (χ1n) is 6.12. The summed E-state index contributed by atoms with van der Waals surface area (Å²) >= 11 is 3.40.